The SMILES string of the molecule is COC(=O)c1nc(-c2ccccc2)oc1SCCN1CCOCC1. The molecule has 0 spiro atoms. The Kier molecular flexibility index (Phi) is 5.90. The summed E-state index contributed by atoms with van der Waals surface area (Å²) in [5.74, 6) is 0.771. The van der Waals surface area contributed by atoms with E-state index < -0.39 is 5.97 Å². The largest absolute Gasteiger partial charge is 0.464 e. The minimum absolute atomic E-state index is 0.239. The minimum Gasteiger partial charge on any atom is -0.464 e. The number of morpholine rings is 1. The van der Waals surface area contributed by atoms with Crippen molar-refractivity contribution in [1.29, 1.82) is 0 Å². The van der Waals surface area contributed by atoms with E-state index in [1.807, 2.05) is 30.3 Å². The Balaban J connectivity index is 1.70. The monoisotopic (exact) mass is 348 g/mol. The van der Waals surface area contributed by atoms with Gasteiger partial charge in [0.1, 0.15) is 0 Å². The molecule has 0 aliphatic carbocycles. The summed E-state index contributed by atoms with van der Waals surface area (Å²) in [6.07, 6.45) is 0. The van der Waals surface area contributed by atoms with E-state index in [0.29, 0.717) is 11.0 Å². The van der Waals surface area contributed by atoms with Crippen LogP contribution in [-0.4, -0.2) is 61.6 Å². The molecule has 0 bridgehead atoms. The van der Waals surface area contributed by atoms with Crippen LogP contribution in [0.15, 0.2) is 39.8 Å². The molecule has 3 rings (SSSR count). The highest BCUT2D eigenvalue weighted by atomic mass is 32.2. The molecule has 1 aliphatic heterocycles. The lowest BCUT2D eigenvalue weighted by Gasteiger charge is -2.26. The van der Waals surface area contributed by atoms with Gasteiger partial charge in [0.15, 0.2) is 5.09 Å². The van der Waals surface area contributed by atoms with Gasteiger partial charge in [-0.1, -0.05) is 30.0 Å². The molecule has 0 amide bonds. The van der Waals surface area contributed by atoms with Crippen molar-refractivity contribution >= 4 is 17.7 Å². The molecular weight excluding hydrogens is 328 g/mol. The molecule has 0 radical (unpaired) electrons. The number of methoxy groups -OCH3 is 1. The first kappa shape index (κ1) is 17.0. The molecule has 0 saturated carbocycles. The van der Waals surface area contributed by atoms with E-state index in [1.165, 1.54) is 18.9 Å². The number of oxazole rings is 1. The Labute approximate surface area is 145 Å². The minimum atomic E-state index is -0.477. The van der Waals surface area contributed by atoms with Gasteiger partial charge in [-0.15, -0.1) is 0 Å². The van der Waals surface area contributed by atoms with E-state index in [1.54, 1.807) is 0 Å². The first-order chi connectivity index (χ1) is 11.8. The van der Waals surface area contributed by atoms with Gasteiger partial charge in [-0.2, -0.15) is 0 Å². The maximum absolute atomic E-state index is 12.0. The highest BCUT2D eigenvalue weighted by Crippen LogP contribution is 2.29. The molecule has 1 fully saturated rings. The predicted octanol–water partition coefficient (Wildman–Crippen LogP) is 2.55. The maximum Gasteiger partial charge on any atom is 0.361 e. The molecule has 1 aliphatic rings. The van der Waals surface area contributed by atoms with Crippen molar-refractivity contribution < 1.29 is 18.7 Å². The van der Waals surface area contributed by atoms with Crippen LogP contribution in [0, 0.1) is 0 Å². The summed E-state index contributed by atoms with van der Waals surface area (Å²) in [4.78, 5) is 18.6. The fourth-order valence-electron chi connectivity index (χ4n) is 2.43. The van der Waals surface area contributed by atoms with E-state index >= 15 is 0 Å². The van der Waals surface area contributed by atoms with Crippen molar-refractivity contribution in [3.63, 3.8) is 0 Å². The lowest BCUT2D eigenvalue weighted by Crippen LogP contribution is -2.37. The summed E-state index contributed by atoms with van der Waals surface area (Å²) in [5.41, 5.74) is 1.08. The fourth-order valence-corrected chi connectivity index (χ4v) is 3.36. The summed E-state index contributed by atoms with van der Waals surface area (Å²) in [7, 11) is 1.35. The zero-order valence-corrected chi connectivity index (χ0v) is 14.4. The molecule has 6 nitrogen and oxygen atoms in total. The van der Waals surface area contributed by atoms with Crippen molar-refractivity contribution in [2.24, 2.45) is 0 Å². The highest BCUT2D eigenvalue weighted by molar-refractivity contribution is 7.99. The third-order valence-corrected chi connectivity index (χ3v) is 4.67. The van der Waals surface area contributed by atoms with E-state index in [-0.39, 0.29) is 5.69 Å². The van der Waals surface area contributed by atoms with E-state index in [2.05, 4.69) is 9.88 Å². The molecule has 128 valence electrons. The van der Waals surface area contributed by atoms with E-state index in [9.17, 15) is 4.79 Å². The number of rotatable bonds is 6. The van der Waals surface area contributed by atoms with Gasteiger partial charge in [-0.05, 0) is 12.1 Å². The second kappa shape index (κ2) is 8.32. The Hall–Kier alpha value is -1.83. The van der Waals surface area contributed by atoms with Gasteiger partial charge in [0.2, 0.25) is 11.6 Å². The van der Waals surface area contributed by atoms with Crippen LogP contribution < -0.4 is 0 Å². The molecule has 1 aromatic carbocycles. The van der Waals surface area contributed by atoms with Crippen LogP contribution in [0.2, 0.25) is 0 Å². The van der Waals surface area contributed by atoms with Crippen LogP contribution in [0.5, 0.6) is 0 Å². The molecule has 1 saturated heterocycles. The van der Waals surface area contributed by atoms with Gasteiger partial charge in [-0.25, -0.2) is 9.78 Å². The third kappa shape index (κ3) is 4.17. The van der Waals surface area contributed by atoms with Crippen molar-refractivity contribution in [2.45, 2.75) is 5.09 Å². The number of carbonyl (C=O) groups excluding carboxylic acids is 1. The van der Waals surface area contributed by atoms with Crippen molar-refractivity contribution in [3.8, 4) is 11.5 Å². The summed E-state index contributed by atoms with van der Waals surface area (Å²) in [6, 6.07) is 9.53. The van der Waals surface area contributed by atoms with Gasteiger partial charge in [-0.3, -0.25) is 4.90 Å². The standard InChI is InChI=1S/C17H20N2O4S/c1-21-16(20)14-17(24-12-9-19-7-10-22-11-8-19)23-15(18-14)13-5-3-2-4-6-13/h2-6H,7-12H2,1H3. The van der Waals surface area contributed by atoms with Crippen LogP contribution in [0.3, 0.4) is 0 Å². The quantitative estimate of drug-likeness (QED) is 0.587. The second-order valence-corrected chi connectivity index (χ2v) is 6.38. The van der Waals surface area contributed by atoms with Gasteiger partial charge in [0.05, 0.1) is 20.3 Å². The van der Waals surface area contributed by atoms with Crippen LogP contribution >= 0.6 is 11.8 Å². The third-order valence-electron chi connectivity index (χ3n) is 3.74. The molecular formula is C17H20N2O4S. The predicted molar refractivity (Wildman–Crippen MR) is 91.3 cm³/mol. The summed E-state index contributed by atoms with van der Waals surface area (Å²) in [5, 5.41) is 0.508. The first-order valence-electron chi connectivity index (χ1n) is 7.85. The number of hydrogen-bond acceptors (Lipinski definition) is 7. The van der Waals surface area contributed by atoms with Crippen LogP contribution in [0.4, 0.5) is 0 Å². The zero-order valence-electron chi connectivity index (χ0n) is 13.6. The van der Waals surface area contributed by atoms with Crippen LogP contribution in [0.25, 0.3) is 11.5 Å². The Morgan fingerprint density at radius 1 is 1.29 bits per heavy atom. The molecule has 2 heterocycles. The Bertz CT molecular complexity index is 668. The lowest BCUT2D eigenvalue weighted by molar-refractivity contribution is 0.0410. The highest BCUT2D eigenvalue weighted by Gasteiger charge is 2.22. The second-order valence-electron chi connectivity index (χ2n) is 5.32. The van der Waals surface area contributed by atoms with Gasteiger partial charge < -0.3 is 13.9 Å². The molecule has 7 heteroatoms. The molecule has 0 unspecified atom stereocenters. The zero-order chi connectivity index (χ0) is 16.8. The number of benzene rings is 1. The van der Waals surface area contributed by atoms with Gasteiger partial charge in [0, 0.05) is 31.0 Å². The molecule has 0 atom stereocenters. The Morgan fingerprint density at radius 3 is 2.75 bits per heavy atom. The Morgan fingerprint density at radius 2 is 2.04 bits per heavy atom. The van der Waals surface area contributed by atoms with Crippen molar-refractivity contribution in [2.75, 3.05) is 45.7 Å². The van der Waals surface area contributed by atoms with Crippen molar-refractivity contribution in [1.82, 2.24) is 9.88 Å². The van der Waals surface area contributed by atoms with Gasteiger partial charge in [0.25, 0.3) is 0 Å². The number of thioether (sulfide) groups is 1. The molecule has 24 heavy (non-hydrogen) atoms. The number of hydrogen-bond donors (Lipinski definition) is 0. The lowest BCUT2D eigenvalue weighted by atomic mass is 10.2. The smallest absolute Gasteiger partial charge is 0.361 e. The average Bonchev–Trinajstić information content (AvgIpc) is 3.07. The molecule has 0 N–H and O–H groups in total. The number of aromatic nitrogens is 1. The average molecular weight is 348 g/mol. The topological polar surface area (TPSA) is 64.8 Å². The fraction of sp³-hybridized carbons (Fsp3) is 0.412. The molecule has 1 aromatic heterocycles. The van der Waals surface area contributed by atoms with Crippen molar-refractivity contribution in [3.05, 3.63) is 36.0 Å². The van der Waals surface area contributed by atoms with E-state index in [4.69, 9.17) is 13.9 Å². The normalized spacial score (nSPS) is 15.4. The van der Waals surface area contributed by atoms with E-state index in [0.717, 1.165) is 44.2 Å². The number of nitrogens with zero attached hydrogens (tertiary/aromatic N) is 2. The first-order valence-corrected chi connectivity index (χ1v) is 8.84. The summed E-state index contributed by atoms with van der Waals surface area (Å²) in [6.45, 7) is 4.35. The van der Waals surface area contributed by atoms with Crippen LogP contribution in [0.1, 0.15) is 10.5 Å². The summed E-state index contributed by atoms with van der Waals surface area (Å²) < 4.78 is 16.0. The number of carbonyl (C=O) groups is 1. The number of ether oxygens (including phenoxy) is 2. The van der Waals surface area contributed by atoms with Crippen LogP contribution in [-0.2, 0) is 9.47 Å². The number of esters is 1. The summed E-state index contributed by atoms with van der Waals surface area (Å²) >= 11 is 1.49. The maximum atomic E-state index is 12.0. The van der Waals surface area contributed by atoms with Gasteiger partial charge >= 0.3 is 5.97 Å². The molecule has 2 aromatic rings.